The number of rotatable bonds is 5. The van der Waals surface area contributed by atoms with E-state index in [1.165, 1.54) is 0 Å². The Kier molecular flexibility index (Phi) is 4.98. The highest BCUT2D eigenvalue weighted by molar-refractivity contribution is 7.99. The molecular weight excluding hydrogens is 336 g/mol. The lowest BCUT2D eigenvalue weighted by atomic mass is 10.1. The van der Waals surface area contributed by atoms with Gasteiger partial charge in [-0.15, -0.1) is 10.2 Å². The summed E-state index contributed by atoms with van der Waals surface area (Å²) < 4.78 is 10.8. The number of ether oxygens (including phenoxy) is 1. The summed E-state index contributed by atoms with van der Waals surface area (Å²) in [4.78, 5) is 0.521. The second kappa shape index (κ2) is 7.52. The average Bonchev–Trinajstić information content (AvgIpc) is 3.09. The molecule has 1 heterocycles. The van der Waals surface area contributed by atoms with Gasteiger partial charge in [0, 0.05) is 0 Å². The molecule has 2 aromatic carbocycles. The number of hydrogen-bond donors (Lipinski definition) is 0. The van der Waals surface area contributed by atoms with E-state index in [4.69, 9.17) is 9.15 Å². The van der Waals surface area contributed by atoms with E-state index in [-0.39, 0.29) is 0 Å². The molecule has 122 valence electrons. The van der Waals surface area contributed by atoms with Gasteiger partial charge >= 0.3 is 0 Å². The summed E-state index contributed by atoms with van der Waals surface area (Å²) in [5.74, 6) is 1.24. The van der Waals surface area contributed by atoms with E-state index < -0.39 is 0 Å². The van der Waals surface area contributed by atoms with Gasteiger partial charge < -0.3 is 9.15 Å². The molecule has 0 aliphatic rings. The lowest BCUT2D eigenvalue weighted by Gasteiger charge is -2.02. The van der Waals surface area contributed by atoms with E-state index >= 15 is 0 Å². The minimum absolute atomic E-state index is 0.294. The summed E-state index contributed by atoms with van der Waals surface area (Å²) in [5, 5.41) is 26.7. The van der Waals surface area contributed by atoms with Crippen molar-refractivity contribution in [2.75, 3.05) is 7.11 Å². The van der Waals surface area contributed by atoms with Crippen LogP contribution in [0.4, 0.5) is 0 Å². The van der Waals surface area contributed by atoms with Crippen molar-refractivity contribution >= 4 is 11.8 Å². The SMILES string of the molecule is COc1ccc(Cc2nnc(Sc3c(C#N)cccc3C#N)o2)cc1. The van der Waals surface area contributed by atoms with Gasteiger partial charge in [-0.3, -0.25) is 0 Å². The maximum Gasteiger partial charge on any atom is 0.281 e. The molecule has 0 radical (unpaired) electrons. The maximum atomic E-state index is 9.21. The highest BCUT2D eigenvalue weighted by atomic mass is 32.2. The first-order valence-corrected chi connectivity index (χ1v) is 8.11. The summed E-state index contributed by atoms with van der Waals surface area (Å²) in [5.41, 5.74) is 1.81. The third-order valence-electron chi connectivity index (χ3n) is 3.41. The summed E-state index contributed by atoms with van der Waals surface area (Å²) >= 11 is 1.12. The number of hydrogen-bond acceptors (Lipinski definition) is 7. The quantitative estimate of drug-likeness (QED) is 0.695. The highest BCUT2D eigenvalue weighted by Crippen LogP contribution is 2.32. The van der Waals surface area contributed by atoms with E-state index in [2.05, 4.69) is 22.3 Å². The Bertz CT molecular complexity index is 936. The zero-order valence-electron chi connectivity index (χ0n) is 13.3. The van der Waals surface area contributed by atoms with Crippen LogP contribution >= 0.6 is 11.8 Å². The van der Waals surface area contributed by atoms with Gasteiger partial charge in [-0.05, 0) is 41.6 Å². The molecular formula is C18H12N4O2S. The van der Waals surface area contributed by atoms with Crippen LogP contribution in [0.1, 0.15) is 22.6 Å². The zero-order chi connectivity index (χ0) is 17.6. The standard InChI is InChI=1S/C18H12N4O2S/c1-23-15-7-5-12(6-8-15)9-16-21-22-18(24-16)25-17-13(10-19)3-2-4-14(17)11-20/h2-8H,9H2,1H3. The van der Waals surface area contributed by atoms with E-state index in [0.29, 0.717) is 33.6 Å². The van der Waals surface area contributed by atoms with Crippen molar-refractivity contribution in [2.45, 2.75) is 16.5 Å². The van der Waals surface area contributed by atoms with Gasteiger partial charge in [0.2, 0.25) is 5.89 Å². The molecule has 3 rings (SSSR count). The molecule has 25 heavy (non-hydrogen) atoms. The van der Waals surface area contributed by atoms with E-state index in [0.717, 1.165) is 23.1 Å². The molecule has 0 aliphatic carbocycles. The Hall–Kier alpha value is -3.29. The Labute approximate surface area is 148 Å². The molecule has 0 saturated carbocycles. The minimum atomic E-state index is 0.294. The smallest absolute Gasteiger partial charge is 0.281 e. The van der Waals surface area contributed by atoms with Crippen LogP contribution in [0.15, 0.2) is 57.0 Å². The molecule has 0 spiro atoms. The van der Waals surface area contributed by atoms with Crippen molar-refractivity contribution in [1.29, 1.82) is 10.5 Å². The molecule has 1 aromatic heterocycles. The first-order chi connectivity index (χ1) is 12.2. The fraction of sp³-hybridized carbons (Fsp3) is 0.111. The van der Waals surface area contributed by atoms with Gasteiger partial charge in [-0.2, -0.15) is 10.5 Å². The fourth-order valence-corrected chi connectivity index (χ4v) is 3.02. The van der Waals surface area contributed by atoms with E-state index in [9.17, 15) is 10.5 Å². The monoisotopic (exact) mass is 348 g/mol. The summed E-state index contributed by atoms with van der Waals surface area (Å²) in [6.45, 7) is 0. The zero-order valence-corrected chi connectivity index (χ0v) is 14.1. The molecule has 0 fully saturated rings. The fourth-order valence-electron chi connectivity index (χ4n) is 2.18. The third kappa shape index (κ3) is 3.79. The molecule has 7 heteroatoms. The first-order valence-electron chi connectivity index (χ1n) is 7.30. The van der Waals surface area contributed by atoms with Crippen molar-refractivity contribution in [2.24, 2.45) is 0 Å². The van der Waals surface area contributed by atoms with Gasteiger partial charge in [0.25, 0.3) is 5.22 Å². The van der Waals surface area contributed by atoms with Gasteiger partial charge in [0.1, 0.15) is 17.9 Å². The molecule has 0 N–H and O–H groups in total. The van der Waals surface area contributed by atoms with Crippen LogP contribution in [-0.4, -0.2) is 17.3 Å². The molecule has 0 unspecified atom stereocenters. The van der Waals surface area contributed by atoms with Crippen molar-refractivity contribution < 1.29 is 9.15 Å². The van der Waals surface area contributed by atoms with Crippen LogP contribution in [-0.2, 0) is 6.42 Å². The Morgan fingerprint density at radius 1 is 1.04 bits per heavy atom. The molecule has 0 bridgehead atoms. The lowest BCUT2D eigenvalue weighted by molar-refractivity contribution is 0.413. The number of methoxy groups -OCH3 is 1. The lowest BCUT2D eigenvalue weighted by Crippen LogP contribution is -1.89. The second-order valence-electron chi connectivity index (χ2n) is 4.99. The van der Waals surface area contributed by atoms with Gasteiger partial charge in [-0.1, -0.05) is 18.2 Å². The second-order valence-corrected chi connectivity index (χ2v) is 5.96. The maximum absolute atomic E-state index is 9.21. The third-order valence-corrected chi connectivity index (χ3v) is 4.39. The summed E-state index contributed by atoms with van der Waals surface area (Å²) in [7, 11) is 1.62. The Morgan fingerprint density at radius 3 is 2.32 bits per heavy atom. The van der Waals surface area contributed by atoms with Crippen molar-refractivity contribution in [1.82, 2.24) is 10.2 Å². The molecule has 0 aliphatic heterocycles. The van der Waals surface area contributed by atoms with Crippen LogP contribution in [0.3, 0.4) is 0 Å². The summed E-state index contributed by atoms with van der Waals surface area (Å²) in [6, 6.07) is 16.7. The van der Waals surface area contributed by atoms with Crippen LogP contribution in [0.25, 0.3) is 0 Å². The van der Waals surface area contributed by atoms with Crippen LogP contribution in [0.2, 0.25) is 0 Å². The van der Waals surface area contributed by atoms with Gasteiger partial charge in [0.05, 0.1) is 29.6 Å². The molecule has 0 amide bonds. The topological polar surface area (TPSA) is 95.7 Å². The summed E-state index contributed by atoms with van der Waals surface area (Å²) in [6.07, 6.45) is 0.489. The van der Waals surface area contributed by atoms with E-state index in [1.54, 1.807) is 25.3 Å². The number of aromatic nitrogens is 2. The van der Waals surface area contributed by atoms with Crippen LogP contribution in [0, 0.1) is 22.7 Å². The predicted molar refractivity (Wildman–Crippen MR) is 90.1 cm³/mol. The molecule has 0 saturated heterocycles. The Balaban J connectivity index is 1.78. The molecule has 6 nitrogen and oxygen atoms in total. The number of nitrogens with zero attached hydrogens (tertiary/aromatic N) is 4. The number of nitriles is 2. The predicted octanol–water partition coefficient (Wildman–Crippen LogP) is 3.56. The Morgan fingerprint density at radius 2 is 1.72 bits per heavy atom. The van der Waals surface area contributed by atoms with Crippen molar-refractivity contribution in [3.8, 4) is 17.9 Å². The normalized spacial score (nSPS) is 10.0. The van der Waals surface area contributed by atoms with Crippen molar-refractivity contribution in [3.05, 3.63) is 65.0 Å². The van der Waals surface area contributed by atoms with Gasteiger partial charge in [-0.25, -0.2) is 0 Å². The number of benzene rings is 2. The average molecular weight is 348 g/mol. The first kappa shape index (κ1) is 16.6. The van der Waals surface area contributed by atoms with Crippen molar-refractivity contribution in [3.63, 3.8) is 0 Å². The largest absolute Gasteiger partial charge is 0.497 e. The van der Waals surface area contributed by atoms with Crippen LogP contribution < -0.4 is 4.74 Å². The minimum Gasteiger partial charge on any atom is -0.497 e. The highest BCUT2D eigenvalue weighted by Gasteiger charge is 2.15. The van der Waals surface area contributed by atoms with Gasteiger partial charge in [0.15, 0.2) is 0 Å². The van der Waals surface area contributed by atoms with Crippen LogP contribution in [0.5, 0.6) is 5.75 Å². The van der Waals surface area contributed by atoms with E-state index in [1.807, 2.05) is 24.3 Å². The molecule has 0 atom stereocenters. The molecule has 3 aromatic rings.